The van der Waals surface area contributed by atoms with E-state index >= 15 is 0 Å². The molecule has 4 atom stereocenters. The lowest BCUT2D eigenvalue weighted by Gasteiger charge is -2.06. The Kier molecular flexibility index (Phi) is 1.44. The number of fused-ring (bicyclic) bond motifs is 1. The first-order valence-electron chi connectivity index (χ1n) is 3.72. The van der Waals surface area contributed by atoms with Crippen LogP contribution in [0.4, 0.5) is 0 Å². The zero-order valence-electron chi connectivity index (χ0n) is 5.99. The second-order valence-corrected chi connectivity index (χ2v) is 3.12. The fourth-order valence-electron chi connectivity index (χ4n) is 1.70. The topological polar surface area (TPSA) is 38.7 Å². The first kappa shape index (κ1) is 6.58. The Balaban J connectivity index is 2.05. The molecule has 0 aromatic rings. The Bertz CT molecular complexity index is 137. The van der Waals surface area contributed by atoms with Gasteiger partial charge in [0.25, 0.3) is 0 Å². The molecule has 0 aliphatic carbocycles. The van der Waals surface area contributed by atoms with E-state index in [0.717, 1.165) is 6.42 Å². The molecule has 2 rings (SSSR count). The molecule has 2 aliphatic heterocycles. The molecule has 0 saturated carbocycles. The highest BCUT2D eigenvalue weighted by Gasteiger charge is 2.43. The third kappa shape index (κ3) is 0.856. The third-order valence-electron chi connectivity index (χ3n) is 2.25. The summed E-state index contributed by atoms with van der Waals surface area (Å²) in [5, 5.41) is 9.31. The number of hydrogen-bond acceptors (Lipinski definition) is 3. The summed E-state index contributed by atoms with van der Waals surface area (Å²) in [6.07, 6.45) is 0.774. The Morgan fingerprint density at radius 3 is 3.00 bits per heavy atom. The van der Waals surface area contributed by atoms with Crippen molar-refractivity contribution in [1.82, 2.24) is 0 Å². The molecule has 0 amide bonds. The normalized spacial score (nSPS) is 53.4. The molecule has 0 bridgehead atoms. The van der Waals surface area contributed by atoms with Crippen molar-refractivity contribution >= 4 is 0 Å². The maximum Gasteiger partial charge on any atom is 0.163 e. The van der Waals surface area contributed by atoms with Gasteiger partial charge in [-0.05, 0) is 13.3 Å². The van der Waals surface area contributed by atoms with Crippen molar-refractivity contribution in [3.8, 4) is 0 Å². The van der Waals surface area contributed by atoms with E-state index in [1.807, 2.05) is 6.92 Å². The second-order valence-electron chi connectivity index (χ2n) is 3.12. The van der Waals surface area contributed by atoms with Gasteiger partial charge in [-0.1, -0.05) is 0 Å². The molecule has 0 spiro atoms. The molecule has 3 nitrogen and oxygen atoms in total. The van der Waals surface area contributed by atoms with Crippen LogP contribution in [-0.4, -0.2) is 30.2 Å². The van der Waals surface area contributed by atoms with Crippen molar-refractivity contribution in [2.75, 3.05) is 6.61 Å². The summed E-state index contributed by atoms with van der Waals surface area (Å²) in [5.74, 6) is 0.231. The van der Waals surface area contributed by atoms with Crippen LogP contribution in [0.5, 0.6) is 0 Å². The predicted molar refractivity (Wildman–Crippen MR) is 34.4 cm³/mol. The first-order valence-corrected chi connectivity index (χ1v) is 3.72. The number of ether oxygens (including phenoxy) is 2. The predicted octanol–water partition coefficient (Wildman–Crippen LogP) is 0.129. The fourth-order valence-corrected chi connectivity index (χ4v) is 1.70. The van der Waals surface area contributed by atoms with Crippen molar-refractivity contribution in [3.05, 3.63) is 0 Å². The molecule has 2 heterocycles. The minimum absolute atomic E-state index is 0.120. The third-order valence-corrected chi connectivity index (χ3v) is 2.25. The molecule has 3 heteroatoms. The van der Waals surface area contributed by atoms with E-state index in [9.17, 15) is 5.11 Å². The minimum Gasteiger partial charge on any atom is -0.390 e. The van der Waals surface area contributed by atoms with Crippen LogP contribution < -0.4 is 0 Å². The number of hydrogen-bond donors (Lipinski definition) is 1. The summed E-state index contributed by atoms with van der Waals surface area (Å²) < 4.78 is 10.6. The second kappa shape index (κ2) is 2.19. The highest BCUT2D eigenvalue weighted by molar-refractivity contribution is 4.85. The zero-order valence-corrected chi connectivity index (χ0v) is 5.99. The summed E-state index contributed by atoms with van der Waals surface area (Å²) in [6, 6.07) is 0. The summed E-state index contributed by atoms with van der Waals surface area (Å²) in [6.45, 7) is 2.45. The van der Waals surface area contributed by atoms with E-state index in [1.165, 1.54) is 0 Å². The van der Waals surface area contributed by atoms with Gasteiger partial charge < -0.3 is 14.6 Å². The molecule has 0 unspecified atom stereocenters. The van der Waals surface area contributed by atoms with E-state index in [4.69, 9.17) is 9.47 Å². The van der Waals surface area contributed by atoms with Crippen LogP contribution in [0.3, 0.4) is 0 Å². The van der Waals surface area contributed by atoms with E-state index in [2.05, 4.69) is 0 Å². The van der Waals surface area contributed by atoms with Gasteiger partial charge in [0, 0.05) is 5.92 Å². The maximum atomic E-state index is 9.31. The monoisotopic (exact) mass is 144 g/mol. The van der Waals surface area contributed by atoms with Crippen LogP contribution in [0, 0.1) is 5.92 Å². The SMILES string of the molecule is C[C@H]1C[C@@H]2[C@H](OC[C@@H]2O)O1. The van der Waals surface area contributed by atoms with Gasteiger partial charge in [-0.25, -0.2) is 0 Å². The van der Waals surface area contributed by atoms with Crippen LogP contribution in [-0.2, 0) is 9.47 Å². The van der Waals surface area contributed by atoms with Gasteiger partial charge in [0.1, 0.15) is 0 Å². The zero-order chi connectivity index (χ0) is 7.14. The molecule has 0 aromatic carbocycles. The summed E-state index contributed by atoms with van der Waals surface area (Å²) in [7, 11) is 0. The molecule has 0 aromatic heterocycles. The van der Waals surface area contributed by atoms with E-state index in [0.29, 0.717) is 6.61 Å². The number of rotatable bonds is 0. The van der Waals surface area contributed by atoms with Crippen molar-refractivity contribution < 1.29 is 14.6 Å². The van der Waals surface area contributed by atoms with Crippen LogP contribution >= 0.6 is 0 Å². The summed E-state index contributed by atoms with van der Waals surface area (Å²) in [5.41, 5.74) is 0. The van der Waals surface area contributed by atoms with Crippen molar-refractivity contribution in [2.45, 2.75) is 31.8 Å². The first-order chi connectivity index (χ1) is 4.77. The highest BCUT2D eigenvalue weighted by Crippen LogP contribution is 2.34. The van der Waals surface area contributed by atoms with Gasteiger partial charge in [0.2, 0.25) is 0 Å². The standard InChI is InChI=1S/C7H12O3/c1-4-2-5-6(8)3-9-7(5)10-4/h4-8H,2-3H2,1H3/t4-,5-,6-,7+/m0/s1. The van der Waals surface area contributed by atoms with Crippen molar-refractivity contribution in [2.24, 2.45) is 5.92 Å². The van der Waals surface area contributed by atoms with Crippen LogP contribution in [0.25, 0.3) is 0 Å². The van der Waals surface area contributed by atoms with E-state index < -0.39 is 0 Å². The van der Waals surface area contributed by atoms with Gasteiger partial charge in [-0.15, -0.1) is 0 Å². The smallest absolute Gasteiger partial charge is 0.163 e. The minimum atomic E-state index is -0.296. The molecule has 2 saturated heterocycles. The van der Waals surface area contributed by atoms with E-state index in [-0.39, 0.29) is 24.4 Å². The van der Waals surface area contributed by atoms with Gasteiger partial charge in [0.05, 0.1) is 18.8 Å². The lowest BCUT2D eigenvalue weighted by atomic mass is 10.0. The largest absolute Gasteiger partial charge is 0.390 e. The van der Waals surface area contributed by atoms with Crippen LogP contribution in [0.1, 0.15) is 13.3 Å². The van der Waals surface area contributed by atoms with Gasteiger partial charge in [0.15, 0.2) is 6.29 Å². The van der Waals surface area contributed by atoms with Crippen molar-refractivity contribution in [3.63, 3.8) is 0 Å². The van der Waals surface area contributed by atoms with Crippen LogP contribution in [0.15, 0.2) is 0 Å². The number of aliphatic hydroxyl groups excluding tert-OH is 1. The molecule has 0 radical (unpaired) electrons. The molecular weight excluding hydrogens is 132 g/mol. The number of aliphatic hydroxyl groups is 1. The summed E-state index contributed by atoms with van der Waals surface area (Å²) >= 11 is 0. The molecule has 10 heavy (non-hydrogen) atoms. The van der Waals surface area contributed by atoms with E-state index in [1.54, 1.807) is 0 Å². The Hall–Kier alpha value is -0.120. The lowest BCUT2D eigenvalue weighted by molar-refractivity contribution is -0.112. The fraction of sp³-hybridized carbons (Fsp3) is 1.00. The quantitative estimate of drug-likeness (QED) is 0.525. The molecular formula is C7H12O3. The van der Waals surface area contributed by atoms with Crippen molar-refractivity contribution in [1.29, 1.82) is 0 Å². The molecule has 2 aliphatic rings. The Morgan fingerprint density at radius 1 is 1.50 bits per heavy atom. The average molecular weight is 144 g/mol. The Labute approximate surface area is 59.9 Å². The van der Waals surface area contributed by atoms with Gasteiger partial charge >= 0.3 is 0 Å². The Morgan fingerprint density at radius 2 is 2.30 bits per heavy atom. The van der Waals surface area contributed by atoms with Gasteiger partial charge in [-0.3, -0.25) is 0 Å². The van der Waals surface area contributed by atoms with Crippen LogP contribution in [0.2, 0.25) is 0 Å². The van der Waals surface area contributed by atoms with Gasteiger partial charge in [-0.2, -0.15) is 0 Å². The molecule has 1 N–H and O–H groups in total. The molecule has 2 fully saturated rings. The maximum absolute atomic E-state index is 9.31. The molecule has 58 valence electrons. The highest BCUT2D eigenvalue weighted by atomic mass is 16.7. The summed E-state index contributed by atoms with van der Waals surface area (Å²) in [4.78, 5) is 0. The lowest BCUT2D eigenvalue weighted by Crippen LogP contribution is -2.18. The average Bonchev–Trinajstić information content (AvgIpc) is 2.35.